The number of hydrogen-bond donors (Lipinski definition) is 2. The van der Waals surface area contributed by atoms with Crippen LogP contribution in [0.15, 0.2) is 6.33 Å². The number of anilines is 1. The number of aryl methyl sites for hydroxylation is 1. The van der Waals surface area contributed by atoms with Gasteiger partial charge in [0.2, 0.25) is 0 Å². The van der Waals surface area contributed by atoms with Gasteiger partial charge < -0.3 is 5.32 Å². The van der Waals surface area contributed by atoms with E-state index < -0.39 is 0 Å². The lowest BCUT2D eigenvalue weighted by Gasteiger charge is -2.17. The van der Waals surface area contributed by atoms with E-state index in [4.69, 9.17) is 0 Å². The lowest BCUT2D eigenvalue weighted by Crippen LogP contribution is -2.12. The van der Waals surface area contributed by atoms with E-state index in [2.05, 4.69) is 35.9 Å². The van der Waals surface area contributed by atoms with E-state index in [1.807, 2.05) is 0 Å². The molecule has 0 fully saturated rings. The molecule has 0 aromatic carbocycles. The maximum atomic E-state index is 4.32. The van der Waals surface area contributed by atoms with Gasteiger partial charge in [0.1, 0.15) is 12.1 Å². The molecule has 0 saturated carbocycles. The van der Waals surface area contributed by atoms with Crippen molar-refractivity contribution >= 4 is 5.82 Å². The molecule has 3 rings (SSSR count). The van der Waals surface area contributed by atoms with E-state index in [0.29, 0.717) is 12.4 Å². The summed E-state index contributed by atoms with van der Waals surface area (Å²) >= 11 is 0. The van der Waals surface area contributed by atoms with Crippen LogP contribution in [0.4, 0.5) is 5.82 Å². The molecule has 17 heavy (non-hydrogen) atoms. The fourth-order valence-electron chi connectivity index (χ4n) is 2.09. The summed E-state index contributed by atoms with van der Waals surface area (Å²) in [4.78, 5) is 8.61. The van der Waals surface area contributed by atoms with Crippen molar-refractivity contribution in [2.24, 2.45) is 0 Å². The summed E-state index contributed by atoms with van der Waals surface area (Å²) in [7, 11) is 0. The fourth-order valence-corrected chi connectivity index (χ4v) is 2.09. The van der Waals surface area contributed by atoms with Gasteiger partial charge in [0, 0.05) is 11.3 Å². The first-order valence-electron chi connectivity index (χ1n) is 5.72. The first kappa shape index (κ1) is 10.1. The van der Waals surface area contributed by atoms with E-state index >= 15 is 0 Å². The van der Waals surface area contributed by atoms with E-state index in [9.17, 15) is 0 Å². The van der Waals surface area contributed by atoms with Crippen molar-refractivity contribution in [2.75, 3.05) is 5.32 Å². The van der Waals surface area contributed by atoms with Gasteiger partial charge >= 0.3 is 0 Å². The lowest BCUT2D eigenvalue weighted by atomic mass is 9.96. The SMILES string of the molecule is c1nc2c(c(NCc3nn[nH]n3)n1)CCCC2. The Hall–Kier alpha value is -2.05. The molecule has 0 saturated heterocycles. The molecule has 2 N–H and O–H groups in total. The zero-order valence-corrected chi connectivity index (χ0v) is 9.35. The van der Waals surface area contributed by atoms with Crippen molar-refractivity contribution in [3.05, 3.63) is 23.4 Å². The van der Waals surface area contributed by atoms with E-state index in [-0.39, 0.29) is 0 Å². The van der Waals surface area contributed by atoms with Crippen LogP contribution in [0.1, 0.15) is 29.9 Å². The molecule has 1 aliphatic rings. The second-order valence-electron chi connectivity index (χ2n) is 4.04. The Labute approximate surface area is 98.1 Å². The van der Waals surface area contributed by atoms with Crippen molar-refractivity contribution in [1.29, 1.82) is 0 Å². The Bertz CT molecular complexity index is 493. The van der Waals surface area contributed by atoms with Crippen LogP contribution in [0.25, 0.3) is 0 Å². The molecule has 0 bridgehead atoms. The predicted octanol–water partition coefficient (Wildman–Crippen LogP) is 0.481. The highest BCUT2D eigenvalue weighted by atomic mass is 15.5. The first-order chi connectivity index (χ1) is 8.43. The van der Waals surface area contributed by atoms with Gasteiger partial charge in [-0.15, -0.1) is 10.2 Å². The van der Waals surface area contributed by atoms with Crippen LogP contribution in [0.5, 0.6) is 0 Å². The third-order valence-corrected chi connectivity index (χ3v) is 2.93. The molecule has 0 spiro atoms. The van der Waals surface area contributed by atoms with Gasteiger partial charge in [-0.05, 0) is 25.7 Å². The van der Waals surface area contributed by atoms with Gasteiger partial charge in [-0.2, -0.15) is 5.21 Å². The number of nitrogens with one attached hydrogen (secondary N) is 2. The molecule has 0 unspecified atom stereocenters. The van der Waals surface area contributed by atoms with Crippen molar-refractivity contribution in [3.8, 4) is 0 Å². The molecule has 0 atom stereocenters. The van der Waals surface area contributed by atoms with Crippen molar-refractivity contribution in [2.45, 2.75) is 32.2 Å². The zero-order valence-electron chi connectivity index (χ0n) is 9.35. The molecular formula is C10H13N7. The molecule has 7 nitrogen and oxygen atoms in total. The van der Waals surface area contributed by atoms with Crippen molar-refractivity contribution in [1.82, 2.24) is 30.6 Å². The van der Waals surface area contributed by atoms with Gasteiger partial charge in [-0.25, -0.2) is 9.97 Å². The summed E-state index contributed by atoms with van der Waals surface area (Å²) in [6.45, 7) is 0.528. The number of aromatic nitrogens is 6. The highest BCUT2D eigenvalue weighted by molar-refractivity contribution is 5.46. The Kier molecular flexibility index (Phi) is 2.65. The maximum Gasteiger partial charge on any atom is 0.193 e. The summed E-state index contributed by atoms with van der Waals surface area (Å²) in [5.41, 5.74) is 2.41. The molecule has 2 aromatic heterocycles. The standard InChI is InChI=1S/C10H13N7/c1-2-4-8-7(3-1)10(13-6-12-8)11-5-9-14-16-17-15-9/h6H,1-5H2,(H,11,12,13)(H,14,15,16,17). The van der Waals surface area contributed by atoms with Gasteiger partial charge in [-0.1, -0.05) is 5.21 Å². The monoisotopic (exact) mass is 231 g/mol. The number of H-pyrrole nitrogens is 1. The van der Waals surface area contributed by atoms with Crippen molar-refractivity contribution < 1.29 is 0 Å². The number of fused-ring (bicyclic) bond motifs is 1. The van der Waals surface area contributed by atoms with Crippen LogP contribution >= 0.6 is 0 Å². The summed E-state index contributed by atoms with van der Waals surface area (Å²) in [6.07, 6.45) is 6.13. The Morgan fingerprint density at radius 3 is 3.06 bits per heavy atom. The number of aromatic amines is 1. The Balaban J connectivity index is 1.78. The van der Waals surface area contributed by atoms with E-state index in [1.165, 1.54) is 24.1 Å². The highest BCUT2D eigenvalue weighted by Gasteiger charge is 2.15. The van der Waals surface area contributed by atoms with Crippen LogP contribution < -0.4 is 5.32 Å². The highest BCUT2D eigenvalue weighted by Crippen LogP contribution is 2.24. The second-order valence-corrected chi connectivity index (χ2v) is 4.04. The van der Waals surface area contributed by atoms with Gasteiger partial charge in [0.05, 0.1) is 6.54 Å². The quantitative estimate of drug-likeness (QED) is 0.798. The fraction of sp³-hybridized carbons (Fsp3) is 0.500. The second kappa shape index (κ2) is 4.44. The van der Waals surface area contributed by atoms with E-state index in [0.717, 1.165) is 18.7 Å². The number of rotatable bonds is 3. The third kappa shape index (κ3) is 2.08. The summed E-state index contributed by atoms with van der Waals surface area (Å²) in [5.74, 6) is 1.53. The smallest absolute Gasteiger partial charge is 0.193 e. The Morgan fingerprint density at radius 1 is 1.24 bits per heavy atom. The van der Waals surface area contributed by atoms with Crippen LogP contribution in [0.2, 0.25) is 0 Å². The summed E-state index contributed by atoms with van der Waals surface area (Å²) < 4.78 is 0. The minimum Gasteiger partial charge on any atom is -0.362 e. The zero-order chi connectivity index (χ0) is 11.5. The number of nitrogens with zero attached hydrogens (tertiary/aromatic N) is 5. The molecule has 2 heterocycles. The topological polar surface area (TPSA) is 92.3 Å². The molecule has 0 amide bonds. The molecule has 0 aliphatic heterocycles. The average molecular weight is 231 g/mol. The first-order valence-corrected chi connectivity index (χ1v) is 5.72. The van der Waals surface area contributed by atoms with Gasteiger partial charge in [0.15, 0.2) is 5.82 Å². The molecule has 2 aromatic rings. The third-order valence-electron chi connectivity index (χ3n) is 2.93. The van der Waals surface area contributed by atoms with Crippen LogP contribution in [0, 0.1) is 0 Å². The number of hydrogen-bond acceptors (Lipinski definition) is 6. The van der Waals surface area contributed by atoms with Crippen LogP contribution in [0.3, 0.4) is 0 Å². The summed E-state index contributed by atoms with van der Waals surface area (Å²) in [5, 5.41) is 17.0. The van der Waals surface area contributed by atoms with Crippen molar-refractivity contribution in [3.63, 3.8) is 0 Å². The maximum absolute atomic E-state index is 4.32. The lowest BCUT2D eigenvalue weighted by molar-refractivity contribution is 0.663. The van der Waals surface area contributed by atoms with Crippen LogP contribution in [-0.2, 0) is 19.4 Å². The Morgan fingerprint density at radius 2 is 2.18 bits per heavy atom. The summed E-state index contributed by atoms with van der Waals surface area (Å²) in [6, 6.07) is 0. The molecule has 1 aliphatic carbocycles. The van der Waals surface area contributed by atoms with Gasteiger partial charge in [0.25, 0.3) is 0 Å². The average Bonchev–Trinajstić information content (AvgIpc) is 2.89. The van der Waals surface area contributed by atoms with E-state index in [1.54, 1.807) is 6.33 Å². The molecule has 0 radical (unpaired) electrons. The molecular weight excluding hydrogens is 218 g/mol. The minimum absolute atomic E-state index is 0.528. The van der Waals surface area contributed by atoms with Gasteiger partial charge in [-0.3, -0.25) is 0 Å². The van der Waals surface area contributed by atoms with Crippen LogP contribution in [-0.4, -0.2) is 30.6 Å². The predicted molar refractivity (Wildman–Crippen MR) is 60.2 cm³/mol. The largest absolute Gasteiger partial charge is 0.362 e. The molecule has 7 heteroatoms. The number of tetrazole rings is 1. The molecule has 88 valence electrons. The normalized spacial score (nSPS) is 14.4. The minimum atomic E-state index is 0.528.